The van der Waals surface area contributed by atoms with Crippen LogP contribution in [0.4, 0.5) is 0 Å². The lowest BCUT2D eigenvalue weighted by molar-refractivity contribution is 0.0974. The first-order valence-electron chi connectivity index (χ1n) is 15.4. The molecule has 1 atom stereocenters. The summed E-state index contributed by atoms with van der Waals surface area (Å²) in [5.41, 5.74) is 4.75. The molecule has 0 bridgehead atoms. The van der Waals surface area contributed by atoms with Crippen molar-refractivity contribution in [3.63, 3.8) is 0 Å². The molecule has 0 radical (unpaired) electrons. The number of benzene rings is 3. The lowest BCUT2D eigenvalue weighted by atomic mass is 10.1. The van der Waals surface area contributed by atoms with E-state index in [9.17, 15) is 4.79 Å². The number of carbonyl (C=O) groups excluding carboxylic acids is 1. The molecule has 6 rings (SSSR count). The number of ketones is 1. The van der Waals surface area contributed by atoms with E-state index in [1.54, 1.807) is 0 Å². The number of aromatic nitrogens is 1. The number of ether oxygens (including phenoxy) is 1. The maximum absolute atomic E-state index is 12.9. The van der Waals surface area contributed by atoms with Crippen molar-refractivity contribution in [2.24, 2.45) is 0 Å². The summed E-state index contributed by atoms with van der Waals surface area (Å²) in [5, 5.41) is 2.68. The third-order valence-corrected chi connectivity index (χ3v) is 8.82. The van der Waals surface area contributed by atoms with Crippen LogP contribution in [0.25, 0.3) is 21.8 Å². The Balaban J connectivity index is 1.03. The summed E-state index contributed by atoms with van der Waals surface area (Å²) >= 11 is 0. The van der Waals surface area contributed by atoms with Crippen molar-refractivity contribution in [1.82, 2.24) is 14.4 Å². The molecule has 2 aliphatic rings. The normalized spacial score (nSPS) is 18.9. The molecule has 0 amide bonds. The number of rotatable bonds is 10. The molecular formula is C35H43N3O2. The molecule has 0 spiro atoms. The predicted molar refractivity (Wildman–Crippen MR) is 164 cm³/mol. The molecule has 0 aliphatic carbocycles. The lowest BCUT2D eigenvalue weighted by Gasteiger charge is -2.19. The summed E-state index contributed by atoms with van der Waals surface area (Å²) in [6, 6.07) is 23.5. The van der Waals surface area contributed by atoms with Crippen LogP contribution >= 0.6 is 0 Å². The minimum atomic E-state index is 0.152. The first-order valence-corrected chi connectivity index (χ1v) is 15.4. The third kappa shape index (κ3) is 6.11. The van der Waals surface area contributed by atoms with Gasteiger partial charge in [-0.25, -0.2) is 0 Å². The molecule has 0 unspecified atom stereocenters. The number of aryl methyl sites for hydroxylation is 1. The standard InChI is InChI=1S/C35H43N3O2/c1-2-38-33-14-6-5-13-31(33)32-23-27(16-17-34(32)38)25-37-22-18-30(26-37)40-29-12-9-11-28(24-29)35(39)15-10-21-36-19-7-3-4-8-20-36/h5-6,9,11-14,16-17,23-24,30H,2-4,7-8,10,15,18-22,25-26H2,1H3/t30-/m0/s1. The summed E-state index contributed by atoms with van der Waals surface area (Å²) in [6.07, 6.45) is 8.00. The number of Topliss-reactive ketones (excluding diaryl/α,β-unsaturated/α-hetero) is 1. The fourth-order valence-corrected chi connectivity index (χ4v) is 6.74. The molecule has 3 aromatic carbocycles. The molecule has 2 fully saturated rings. The van der Waals surface area contributed by atoms with Crippen LogP contribution in [0.15, 0.2) is 66.7 Å². The average molecular weight is 538 g/mol. The largest absolute Gasteiger partial charge is 0.489 e. The van der Waals surface area contributed by atoms with Crippen molar-refractivity contribution in [1.29, 1.82) is 0 Å². The van der Waals surface area contributed by atoms with Crippen molar-refractivity contribution in [3.8, 4) is 5.75 Å². The van der Waals surface area contributed by atoms with Gasteiger partial charge >= 0.3 is 0 Å². The highest BCUT2D eigenvalue weighted by molar-refractivity contribution is 6.08. The first-order chi connectivity index (χ1) is 19.7. The Morgan fingerprint density at radius 1 is 0.850 bits per heavy atom. The van der Waals surface area contributed by atoms with E-state index in [0.29, 0.717) is 6.42 Å². The monoisotopic (exact) mass is 537 g/mol. The molecule has 5 heteroatoms. The number of para-hydroxylation sites is 1. The number of likely N-dealkylation sites (tertiary alicyclic amines) is 2. The highest BCUT2D eigenvalue weighted by atomic mass is 16.5. The molecule has 2 saturated heterocycles. The Labute approximate surface area is 238 Å². The third-order valence-electron chi connectivity index (χ3n) is 8.82. The Bertz CT molecular complexity index is 1450. The number of hydrogen-bond donors (Lipinski definition) is 0. The van der Waals surface area contributed by atoms with Crippen LogP contribution in [0.5, 0.6) is 5.75 Å². The zero-order chi connectivity index (χ0) is 27.3. The molecule has 3 heterocycles. The SMILES string of the molecule is CCn1c2ccccc2c2cc(CN3CC[C@H](Oc4cccc(C(=O)CCCN5CCCCCC5)c4)C3)ccc21. The number of fused-ring (bicyclic) bond motifs is 3. The Hall–Kier alpha value is -3.15. The number of hydrogen-bond acceptors (Lipinski definition) is 4. The van der Waals surface area contributed by atoms with Gasteiger partial charge in [-0.2, -0.15) is 0 Å². The first kappa shape index (κ1) is 27.0. The van der Waals surface area contributed by atoms with Crippen molar-refractivity contribution < 1.29 is 9.53 Å². The van der Waals surface area contributed by atoms with Gasteiger partial charge in [-0.3, -0.25) is 9.69 Å². The van der Waals surface area contributed by atoms with Gasteiger partial charge in [0.05, 0.1) is 0 Å². The van der Waals surface area contributed by atoms with Gasteiger partial charge in [0.15, 0.2) is 5.78 Å². The van der Waals surface area contributed by atoms with Gasteiger partial charge in [-0.15, -0.1) is 0 Å². The van der Waals surface area contributed by atoms with E-state index in [2.05, 4.69) is 63.8 Å². The van der Waals surface area contributed by atoms with E-state index >= 15 is 0 Å². The number of nitrogens with zero attached hydrogens (tertiary/aromatic N) is 3. The minimum Gasteiger partial charge on any atom is -0.489 e. The summed E-state index contributed by atoms with van der Waals surface area (Å²) in [5.74, 6) is 1.05. The van der Waals surface area contributed by atoms with E-state index in [4.69, 9.17) is 4.74 Å². The van der Waals surface area contributed by atoms with Crippen LogP contribution in [-0.2, 0) is 13.1 Å². The maximum Gasteiger partial charge on any atom is 0.163 e. The van der Waals surface area contributed by atoms with Gasteiger partial charge in [0, 0.05) is 60.0 Å². The van der Waals surface area contributed by atoms with Crippen LogP contribution in [0.1, 0.15) is 67.8 Å². The highest BCUT2D eigenvalue weighted by Gasteiger charge is 2.24. The molecule has 210 valence electrons. The van der Waals surface area contributed by atoms with Gasteiger partial charge in [-0.1, -0.05) is 49.2 Å². The van der Waals surface area contributed by atoms with Crippen molar-refractivity contribution in [2.45, 2.75) is 71.1 Å². The number of carbonyl (C=O) groups is 1. The summed E-state index contributed by atoms with van der Waals surface area (Å²) < 4.78 is 8.79. The van der Waals surface area contributed by atoms with Crippen LogP contribution in [0.2, 0.25) is 0 Å². The second-order valence-corrected chi connectivity index (χ2v) is 11.7. The van der Waals surface area contributed by atoms with Crippen molar-refractivity contribution in [3.05, 3.63) is 77.9 Å². The van der Waals surface area contributed by atoms with Gasteiger partial charge in [0.25, 0.3) is 0 Å². The van der Waals surface area contributed by atoms with E-state index in [1.165, 1.54) is 66.1 Å². The predicted octanol–water partition coefficient (Wildman–Crippen LogP) is 7.31. The molecule has 2 aliphatic heterocycles. The zero-order valence-corrected chi connectivity index (χ0v) is 24.0. The Morgan fingerprint density at radius 3 is 2.52 bits per heavy atom. The maximum atomic E-state index is 12.9. The fourth-order valence-electron chi connectivity index (χ4n) is 6.74. The minimum absolute atomic E-state index is 0.152. The lowest BCUT2D eigenvalue weighted by Crippen LogP contribution is -2.26. The van der Waals surface area contributed by atoms with Crippen LogP contribution in [-0.4, -0.2) is 59.0 Å². The van der Waals surface area contributed by atoms with Crippen LogP contribution in [0, 0.1) is 0 Å². The smallest absolute Gasteiger partial charge is 0.163 e. The Kier molecular flexibility index (Phi) is 8.50. The second kappa shape index (κ2) is 12.6. The quantitative estimate of drug-likeness (QED) is 0.199. The van der Waals surface area contributed by atoms with Crippen molar-refractivity contribution in [2.75, 3.05) is 32.7 Å². The fraction of sp³-hybridized carbons (Fsp3) is 0.457. The van der Waals surface area contributed by atoms with Gasteiger partial charge in [0.2, 0.25) is 0 Å². The molecule has 1 aromatic heterocycles. The molecule has 0 saturated carbocycles. The second-order valence-electron chi connectivity index (χ2n) is 11.7. The average Bonchev–Trinajstić information content (AvgIpc) is 3.43. The van der Waals surface area contributed by atoms with E-state index in [0.717, 1.165) is 56.9 Å². The van der Waals surface area contributed by atoms with E-state index in [1.807, 2.05) is 24.3 Å². The molecule has 4 aromatic rings. The van der Waals surface area contributed by atoms with Gasteiger partial charge < -0.3 is 14.2 Å². The summed E-state index contributed by atoms with van der Waals surface area (Å²) in [6.45, 7) is 9.45. The van der Waals surface area contributed by atoms with Crippen LogP contribution < -0.4 is 4.74 Å². The molecular weight excluding hydrogens is 494 g/mol. The van der Waals surface area contributed by atoms with E-state index < -0.39 is 0 Å². The topological polar surface area (TPSA) is 37.7 Å². The summed E-state index contributed by atoms with van der Waals surface area (Å²) in [4.78, 5) is 17.9. The van der Waals surface area contributed by atoms with Crippen molar-refractivity contribution >= 4 is 27.6 Å². The molecule has 0 N–H and O–H groups in total. The summed E-state index contributed by atoms with van der Waals surface area (Å²) in [7, 11) is 0. The zero-order valence-electron chi connectivity index (χ0n) is 24.0. The molecule has 40 heavy (non-hydrogen) atoms. The van der Waals surface area contributed by atoms with Crippen LogP contribution in [0.3, 0.4) is 0 Å². The Morgan fingerprint density at radius 2 is 1.68 bits per heavy atom. The van der Waals surface area contributed by atoms with Gasteiger partial charge in [0.1, 0.15) is 11.9 Å². The van der Waals surface area contributed by atoms with Gasteiger partial charge in [-0.05, 0) is 88.1 Å². The van der Waals surface area contributed by atoms with E-state index in [-0.39, 0.29) is 11.9 Å². The molecule has 5 nitrogen and oxygen atoms in total. The highest BCUT2D eigenvalue weighted by Crippen LogP contribution is 2.30.